The molecule has 1 aliphatic carbocycles. The lowest BCUT2D eigenvalue weighted by molar-refractivity contribution is -0.117. The molecule has 1 amide bonds. The molecular weight excluding hydrogens is 386 g/mol. The maximum atomic E-state index is 12.7. The highest BCUT2D eigenvalue weighted by atomic mass is 16.5. The third-order valence-electron chi connectivity index (χ3n) is 4.70. The molecule has 9 heteroatoms. The summed E-state index contributed by atoms with van der Waals surface area (Å²) in [5.74, 6) is -0.562. The standard InChI is InChI=1S/C21H21N5O4/c1-2-30-21(29)16-12-22-26(15-6-4-3-5-7-15)20(16)23-18(27)13-25-19(28)11-10-17(24-25)14-8-9-14/h3-7,10-12,14H,2,8-9,13H2,1H3,(H,23,27). The van der Waals surface area contributed by atoms with Gasteiger partial charge in [0.25, 0.3) is 5.56 Å². The molecule has 9 nitrogen and oxygen atoms in total. The minimum absolute atomic E-state index is 0.126. The van der Waals surface area contributed by atoms with Crippen LogP contribution < -0.4 is 10.9 Å². The Morgan fingerprint density at radius 1 is 1.17 bits per heavy atom. The van der Waals surface area contributed by atoms with Crippen LogP contribution in [-0.2, 0) is 16.1 Å². The Bertz CT molecular complexity index is 1130. The smallest absolute Gasteiger partial charge is 0.343 e. The lowest BCUT2D eigenvalue weighted by Gasteiger charge is -2.12. The van der Waals surface area contributed by atoms with Gasteiger partial charge >= 0.3 is 5.97 Å². The van der Waals surface area contributed by atoms with Crippen LogP contribution in [0.15, 0.2) is 53.5 Å². The first-order valence-electron chi connectivity index (χ1n) is 9.75. The van der Waals surface area contributed by atoms with Gasteiger partial charge in [-0.2, -0.15) is 10.2 Å². The highest BCUT2D eigenvalue weighted by molar-refractivity contribution is 6.00. The van der Waals surface area contributed by atoms with Crippen LogP contribution in [0.25, 0.3) is 5.69 Å². The van der Waals surface area contributed by atoms with Gasteiger partial charge < -0.3 is 10.1 Å². The number of aromatic nitrogens is 4. The lowest BCUT2D eigenvalue weighted by Crippen LogP contribution is -2.30. The molecule has 2 aromatic heterocycles. The molecule has 30 heavy (non-hydrogen) atoms. The predicted molar refractivity (Wildman–Crippen MR) is 109 cm³/mol. The average molecular weight is 407 g/mol. The fourth-order valence-electron chi connectivity index (χ4n) is 3.07. The Labute approximate surface area is 172 Å². The summed E-state index contributed by atoms with van der Waals surface area (Å²) < 4.78 is 7.66. The molecule has 1 fully saturated rings. The third kappa shape index (κ3) is 4.14. The number of hydrogen-bond donors (Lipinski definition) is 1. The average Bonchev–Trinajstić information content (AvgIpc) is 3.51. The molecule has 2 heterocycles. The molecule has 0 bridgehead atoms. The van der Waals surface area contributed by atoms with E-state index in [-0.39, 0.29) is 30.1 Å². The Kier molecular flexibility index (Phi) is 5.42. The van der Waals surface area contributed by atoms with Crippen molar-refractivity contribution in [2.24, 2.45) is 0 Å². The van der Waals surface area contributed by atoms with E-state index in [0.29, 0.717) is 11.6 Å². The summed E-state index contributed by atoms with van der Waals surface area (Å²) in [7, 11) is 0. The predicted octanol–water partition coefficient (Wildman–Crippen LogP) is 2.12. The van der Waals surface area contributed by atoms with Gasteiger partial charge in [-0.3, -0.25) is 9.59 Å². The van der Waals surface area contributed by atoms with Gasteiger partial charge in [0, 0.05) is 12.0 Å². The first kappa shape index (κ1) is 19.6. The number of ether oxygens (including phenoxy) is 1. The summed E-state index contributed by atoms with van der Waals surface area (Å²) in [6.07, 6.45) is 3.42. The number of hydrogen-bond acceptors (Lipinski definition) is 6. The Balaban J connectivity index is 1.62. The van der Waals surface area contributed by atoms with Gasteiger partial charge in [0.15, 0.2) is 5.82 Å². The number of anilines is 1. The zero-order chi connectivity index (χ0) is 21.1. The van der Waals surface area contributed by atoms with Crippen LogP contribution in [0.5, 0.6) is 0 Å². The van der Waals surface area contributed by atoms with Crippen molar-refractivity contribution >= 4 is 17.7 Å². The van der Waals surface area contributed by atoms with Crippen LogP contribution in [0, 0.1) is 0 Å². The zero-order valence-electron chi connectivity index (χ0n) is 16.4. The van der Waals surface area contributed by atoms with E-state index < -0.39 is 11.9 Å². The maximum Gasteiger partial charge on any atom is 0.343 e. The maximum absolute atomic E-state index is 12.7. The van der Waals surface area contributed by atoms with Crippen molar-refractivity contribution < 1.29 is 14.3 Å². The largest absolute Gasteiger partial charge is 0.462 e. The molecule has 0 atom stereocenters. The second kappa shape index (κ2) is 8.32. The number of nitrogens with zero attached hydrogens (tertiary/aromatic N) is 4. The molecule has 0 spiro atoms. The van der Waals surface area contributed by atoms with Gasteiger partial charge in [0.1, 0.15) is 12.1 Å². The van der Waals surface area contributed by atoms with Crippen molar-refractivity contribution in [3.05, 3.63) is 70.3 Å². The van der Waals surface area contributed by atoms with Crippen LogP contribution in [-0.4, -0.2) is 38.0 Å². The van der Waals surface area contributed by atoms with Gasteiger partial charge in [-0.05, 0) is 38.0 Å². The fraction of sp³-hybridized carbons (Fsp3) is 0.286. The van der Waals surface area contributed by atoms with Crippen LogP contribution in [0.4, 0.5) is 5.82 Å². The summed E-state index contributed by atoms with van der Waals surface area (Å²) in [5, 5.41) is 11.2. The number of esters is 1. The number of benzene rings is 1. The molecule has 1 aromatic carbocycles. The summed E-state index contributed by atoms with van der Waals surface area (Å²) in [6, 6.07) is 12.2. The van der Waals surface area contributed by atoms with E-state index in [9.17, 15) is 14.4 Å². The molecular formula is C21H21N5O4. The molecule has 1 saturated carbocycles. The normalized spacial score (nSPS) is 13.1. The number of nitrogens with one attached hydrogen (secondary N) is 1. The van der Waals surface area contributed by atoms with Crippen molar-refractivity contribution in [1.82, 2.24) is 19.6 Å². The molecule has 0 saturated heterocycles. The van der Waals surface area contributed by atoms with E-state index in [2.05, 4.69) is 15.5 Å². The van der Waals surface area contributed by atoms with Crippen LogP contribution in [0.2, 0.25) is 0 Å². The first-order valence-corrected chi connectivity index (χ1v) is 9.75. The van der Waals surface area contributed by atoms with Gasteiger partial charge in [0.05, 0.1) is 24.2 Å². The third-order valence-corrected chi connectivity index (χ3v) is 4.70. The van der Waals surface area contributed by atoms with E-state index in [4.69, 9.17) is 4.74 Å². The minimum Gasteiger partial charge on any atom is -0.462 e. The molecule has 3 aromatic rings. The summed E-state index contributed by atoms with van der Waals surface area (Å²) in [5.41, 5.74) is 1.23. The topological polar surface area (TPSA) is 108 Å². The number of para-hydroxylation sites is 1. The molecule has 1 N–H and O–H groups in total. The zero-order valence-corrected chi connectivity index (χ0v) is 16.4. The molecule has 4 rings (SSSR count). The van der Waals surface area contributed by atoms with E-state index in [1.807, 2.05) is 18.2 Å². The van der Waals surface area contributed by atoms with Crippen molar-refractivity contribution in [1.29, 1.82) is 0 Å². The molecule has 154 valence electrons. The molecule has 0 aliphatic heterocycles. The van der Waals surface area contributed by atoms with Crippen LogP contribution in [0.3, 0.4) is 0 Å². The lowest BCUT2D eigenvalue weighted by atomic mass is 10.3. The van der Waals surface area contributed by atoms with Gasteiger partial charge in [0.2, 0.25) is 5.91 Å². The van der Waals surface area contributed by atoms with E-state index in [1.54, 1.807) is 25.1 Å². The number of rotatable bonds is 7. The quantitative estimate of drug-likeness (QED) is 0.601. The van der Waals surface area contributed by atoms with Gasteiger partial charge in [-0.1, -0.05) is 18.2 Å². The Morgan fingerprint density at radius 3 is 2.63 bits per heavy atom. The van der Waals surface area contributed by atoms with Crippen molar-refractivity contribution in [3.63, 3.8) is 0 Å². The fourth-order valence-corrected chi connectivity index (χ4v) is 3.07. The highest BCUT2D eigenvalue weighted by Gasteiger charge is 2.26. The minimum atomic E-state index is -0.596. The molecule has 0 unspecified atom stereocenters. The second-order valence-corrected chi connectivity index (χ2v) is 6.95. The Morgan fingerprint density at radius 2 is 1.93 bits per heavy atom. The first-order chi connectivity index (χ1) is 14.6. The SMILES string of the molecule is CCOC(=O)c1cnn(-c2ccccc2)c1NC(=O)Cn1nc(C2CC2)ccc1=O. The van der Waals surface area contributed by atoms with E-state index in [0.717, 1.165) is 23.2 Å². The molecule has 1 aliphatic rings. The Hall–Kier alpha value is -3.75. The monoisotopic (exact) mass is 407 g/mol. The summed E-state index contributed by atoms with van der Waals surface area (Å²) in [4.78, 5) is 37.2. The summed E-state index contributed by atoms with van der Waals surface area (Å²) in [6.45, 7) is 1.61. The number of amides is 1. The number of carbonyl (C=O) groups is 2. The van der Waals surface area contributed by atoms with Gasteiger partial charge in [-0.15, -0.1) is 0 Å². The van der Waals surface area contributed by atoms with Crippen molar-refractivity contribution in [2.45, 2.75) is 32.2 Å². The number of carbonyl (C=O) groups excluding carboxylic acids is 2. The van der Waals surface area contributed by atoms with Crippen LogP contribution >= 0.6 is 0 Å². The molecule has 0 radical (unpaired) electrons. The van der Waals surface area contributed by atoms with E-state index in [1.165, 1.54) is 16.9 Å². The van der Waals surface area contributed by atoms with Crippen molar-refractivity contribution in [2.75, 3.05) is 11.9 Å². The van der Waals surface area contributed by atoms with Crippen LogP contribution in [0.1, 0.15) is 41.7 Å². The summed E-state index contributed by atoms with van der Waals surface area (Å²) >= 11 is 0. The van der Waals surface area contributed by atoms with Crippen molar-refractivity contribution in [3.8, 4) is 5.69 Å². The van der Waals surface area contributed by atoms with E-state index >= 15 is 0 Å². The highest BCUT2D eigenvalue weighted by Crippen LogP contribution is 2.38. The second-order valence-electron chi connectivity index (χ2n) is 6.95. The van der Waals surface area contributed by atoms with Gasteiger partial charge in [-0.25, -0.2) is 14.2 Å².